The number of nitrogens with zero attached hydrogens (tertiary/aromatic N) is 5. The van der Waals surface area contributed by atoms with E-state index in [1.807, 2.05) is 0 Å². The average Bonchev–Trinajstić information content (AvgIpc) is 2.48. The molecule has 0 amide bonds. The maximum Gasteiger partial charge on any atom is 0.0270 e. The van der Waals surface area contributed by atoms with E-state index in [9.17, 15) is 0 Å². The van der Waals surface area contributed by atoms with Crippen molar-refractivity contribution in [2.24, 2.45) is 0 Å². The fourth-order valence-corrected chi connectivity index (χ4v) is 3.25. The fourth-order valence-electron chi connectivity index (χ4n) is 3.25. The Morgan fingerprint density at radius 1 is 0.792 bits per heavy atom. The van der Waals surface area contributed by atoms with Crippen LogP contribution >= 0.6 is 0 Å². The quantitative estimate of drug-likeness (QED) is 0.570. The van der Waals surface area contributed by atoms with Gasteiger partial charge in [-0.2, -0.15) is 5.53 Å². The summed E-state index contributed by atoms with van der Waals surface area (Å²) >= 11 is 0. The van der Waals surface area contributed by atoms with Gasteiger partial charge >= 0.3 is 0 Å². The van der Waals surface area contributed by atoms with E-state index in [0.717, 1.165) is 26.2 Å². The SMILES string of the molecule is CN(C)CCCC1CCN(CCCN(C)C)NN1CCCN(C)C. The van der Waals surface area contributed by atoms with Crippen LogP contribution in [0.25, 0.3) is 0 Å². The summed E-state index contributed by atoms with van der Waals surface area (Å²) < 4.78 is 0. The maximum atomic E-state index is 3.71. The third-order valence-electron chi connectivity index (χ3n) is 4.62. The lowest BCUT2D eigenvalue weighted by molar-refractivity contribution is -0.0582. The van der Waals surface area contributed by atoms with Crippen molar-refractivity contribution in [2.45, 2.75) is 38.1 Å². The van der Waals surface area contributed by atoms with Crippen molar-refractivity contribution >= 4 is 0 Å². The topological polar surface area (TPSA) is 28.2 Å². The second kappa shape index (κ2) is 12.2. The molecule has 1 N–H and O–H groups in total. The summed E-state index contributed by atoms with van der Waals surface area (Å²) in [5, 5.41) is 4.93. The van der Waals surface area contributed by atoms with E-state index in [-0.39, 0.29) is 0 Å². The van der Waals surface area contributed by atoms with Crippen LogP contribution in [0.3, 0.4) is 0 Å². The first-order chi connectivity index (χ1) is 11.4. The largest absolute Gasteiger partial charge is 0.309 e. The molecule has 0 saturated carbocycles. The molecule has 0 aliphatic carbocycles. The number of nitrogens with one attached hydrogen (secondary N) is 1. The van der Waals surface area contributed by atoms with Gasteiger partial charge in [-0.05, 0) is 94.0 Å². The van der Waals surface area contributed by atoms with Crippen molar-refractivity contribution in [3.63, 3.8) is 0 Å². The first kappa shape index (κ1) is 21.8. The summed E-state index contributed by atoms with van der Waals surface area (Å²) in [6, 6.07) is 0.678. The van der Waals surface area contributed by atoms with Crippen molar-refractivity contribution in [3.05, 3.63) is 0 Å². The zero-order valence-electron chi connectivity index (χ0n) is 17.1. The predicted molar refractivity (Wildman–Crippen MR) is 104 cm³/mol. The lowest BCUT2D eigenvalue weighted by Gasteiger charge is -2.42. The molecule has 0 radical (unpaired) electrons. The molecule has 1 atom stereocenters. The second-order valence-corrected chi connectivity index (χ2v) is 7.98. The molecule has 1 aliphatic heterocycles. The fraction of sp³-hybridized carbons (Fsp3) is 1.00. The van der Waals surface area contributed by atoms with Crippen LogP contribution in [-0.2, 0) is 0 Å². The van der Waals surface area contributed by atoms with Gasteiger partial charge in [-0.15, -0.1) is 0 Å². The van der Waals surface area contributed by atoms with Gasteiger partial charge in [0.1, 0.15) is 0 Å². The van der Waals surface area contributed by atoms with Crippen molar-refractivity contribution in [3.8, 4) is 0 Å². The van der Waals surface area contributed by atoms with Gasteiger partial charge in [-0.1, -0.05) is 0 Å². The average molecular weight is 343 g/mol. The minimum Gasteiger partial charge on any atom is -0.309 e. The van der Waals surface area contributed by atoms with Gasteiger partial charge < -0.3 is 14.7 Å². The highest BCUT2D eigenvalue weighted by Crippen LogP contribution is 2.16. The number of hydrazine groups is 2. The van der Waals surface area contributed by atoms with E-state index in [0.29, 0.717) is 6.04 Å². The second-order valence-electron chi connectivity index (χ2n) is 7.98. The monoisotopic (exact) mass is 342 g/mol. The Balaban J connectivity index is 2.42. The van der Waals surface area contributed by atoms with E-state index in [1.54, 1.807) is 0 Å². The van der Waals surface area contributed by atoms with Crippen LogP contribution < -0.4 is 5.53 Å². The molecule has 0 spiro atoms. The molecule has 1 saturated heterocycles. The molecule has 24 heavy (non-hydrogen) atoms. The molecule has 1 unspecified atom stereocenters. The van der Waals surface area contributed by atoms with Gasteiger partial charge in [0, 0.05) is 25.7 Å². The Labute approximate surface area is 150 Å². The molecule has 0 aromatic rings. The van der Waals surface area contributed by atoms with Gasteiger partial charge in [0.05, 0.1) is 0 Å². The van der Waals surface area contributed by atoms with Crippen LogP contribution in [-0.4, -0.2) is 112 Å². The number of hydrogen-bond donors (Lipinski definition) is 1. The highest BCUT2D eigenvalue weighted by atomic mass is 15.8. The first-order valence-electron chi connectivity index (χ1n) is 9.60. The Bertz CT molecular complexity index is 308. The van der Waals surface area contributed by atoms with Crippen molar-refractivity contribution in [1.82, 2.24) is 30.3 Å². The van der Waals surface area contributed by atoms with E-state index in [2.05, 4.69) is 72.5 Å². The third-order valence-corrected chi connectivity index (χ3v) is 4.62. The molecule has 1 heterocycles. The zero-order valence-corrected chi connectivity index (χ0v) is 17.1. The van der Waals surface area contributed by atoms with Crippen LogP contribution in [0.1, 0.15) is 32.1 Å². The smallest absolute Gasteiger partial charge is 0.0270 e. The Morgan fingerprint density at radius 2 is 1.33 bits per heavy atom. The molecule has 1 rings (SSSR count). The Kier molecular flexibility index (Phi) is 11.1. The lowest BCUT2D eigenvalue weighted by Crippen LogP contribution is -2.60. The molecule has 6 heteroatoms. The molecule has 0 aromatic heterocycles. The molecule has 0 bridgehead atoms. The standard InChI is InChI=1S/C18H42N6/c1-20(2)12-7-10-18-11-17-23(15-8-13-21(3)4)19-24(18)16-9-14-22(5)6/h18-19H,7-17H2,1-6H3. The summed E-state index contributed by atoms with van der Waals surface area (Å²) in [5.41, 5.74) is 3.71. The zero-order chi connectivity index (χ0) is 17.9. The van der Waals surface area contributed by atoms with Crippen LogP contribution in [0.15, 0.2) is 0 Å². The summed E-state index contributed by atoms with van der Waals surface area (Å²) in [7, 11) is 13.0. The van der Waals surface area contributed by atoms with Gasteiger partial charge in [0.2, 0.25) is 0 Å². The summed E-state index contributed by atoms with van der Waals surface area (Å²) in [6.07, 6.45) is 6.29. The van der Waals surface area contributed by atoms with E-state index >= 15 is 0 Å². The van der Waals surface area contributed by atoms with Gasteiger partial charge in [-0.25, -0.2) is 10.0 Å². The lowest BCUT2D eigenvalue weighted by atomic mass is 10.1. The van der Waals surface area contributed by atoms with Crippen molar-refractivity contribution in [1.29, 1.82) is 0 Å². The van der Waals surface area contributed by atoms with Crippen LogP contribution in [0.2, 0.25) is 0 Å². The Morgan fingerprint density at radius 3 is 1.92 bits per heavy atom. The van der Waals surface area contributed by atoms with Gasteiger partial charge in [0.15, 0.2) is 0 Å². The summed E-state index contributed by atoms with van der Waals surface area (Å²) in [6.45, 7) is 6.94. The van der Waals surface area contributed by atoms with Gasteiger partial charge in [-0.3, -0.25) is 0 Å². The van der Waals surface area contributed by atoms with Crippen molar-refractivity contribution in [2.75, 3.05) is 81.6 Å². The third kappa shape index (κ3) is 9.91. The minimum absolute atomic E-state index is 0.678. The first-order valence-corrected chi connectivity index (χ1v) is 9.60. The molecular formula is C18H42N6. The molecule has 144 valence electrons. The van der Waals surface area contributed by atoms with Crippen molar-refractivity contribution < 1.29 is 0 Å². The van der Waals surface area contributed by atoms with Crippen LogP contribution in [0.5, 0.6) is 0 Å². The van der Waals surface area contributed by atoms with E-state index < -0.39 is 0 Å². The number of rotatable bonds is 12. The highest BCUT2D eigenvalue weighted by Gasteiger charge is 2.25. The normalized spacial score (nSPS) is 20.6. The molecule has 6 nitrogen and oxygen atoms in total. The highest BCUT2D eigenvalue weighted by molar-refractivity contribution is 4.76. The van der Waals surface area contributed by atoms with E-state index in [4.69, 9.17) is 0 Å². The predicted octanol–water partition coefficient (Wildman–Crippen LogP) is 1.03. The molecular weight excluding hydrogens is 300 g/mol. The minimum atomic E-state index is 0.678. The maximum absolute atomic E-state index is 3.71. The summed E-state index contributed by atoms with van der Waals surface area (Å²) in [4.78, 5) is 6.84. The van der Waals surface area contributed by atoms with Crippen LogP contribution in [0.4, 0.5) is 0 Å². The molecule has 0 aromatic carbocycles. The molecule has 1 aliphatic rings. The van der Waals surface area contributed by atoms with Gasteiger partial charge in [0.25, 0.3) is 0 Å². The van der Waals surface area contributed by atoms with E-state index in [1.165, 1.54) is 45.2 Å². The summed E-state index contributed by atoms with van der Waals surface area (Å²) in [5.74, 6) is 0. The molecule has 1 fully saturated rings. The Hall–Kier alpha value is -0.240. The van der Waals surface area contributed by atoms with Crippen LogP contribution in [0, 0.1) is 0 Å². The number of hydrogen-bond acceptors (Lipinski definition) is 6.